The van der Waals surface area contributed by atoms with Gasteiger partial charge in [-0.2, -0.15) is 18.3 Å². The van der Waals surface area contributed by atoms with Gasteiger partial charge in [-0.3, -0.25) is 4.68 Å². The molecule has 1 heterocycles. The Morgan fingerprint density at radius 3 is 2.36 bits per heavy atom. The van der Waals surface area contributed by atoms with Crippen LogP contribution >= 0.6 is 11.6 Å². The van der Waals surface area contributed by atoms with Gasteiger partial charge >= 0.3 is 6.18 Å². The molecule has 0 aliphatic carbocycles. The maximum atomic E-state index is 12.3. The van der Waals surface area contributed by atoms with Crippen molar-refractivity contribution in [2.75, 3.05) is 0 Å². The van der Waals surface area contributed by atoms with Gasteiger partial charge in [0, 0.05) is 6.04 Å². The van der Waals surface area contributed by atoms with Gasteiger partial charge in [0.1, 0.15) is 0 Å². The van der Waals surface area contributed by atoms with E-state index in [0.717, 1.165) is 6.07 Å². The number of hydrogen-bond donors (Lipinski definition) is 0. The fraction of sp³-hybridized carbons (Fsp3) is 0.625. The first-order valence-electron chi connectivity index (χ1n) is 4.08. The number of nitrogens with zero attached hydrogens (tertiary/aromatic N) is 2. The molecule has 0 atom stereocenters. The zero-order valence-corrected chi connectivity index (χ0v) is 8.52. The van der Waals surface area contributed by atoms with E-state index < -0.39 is 11.9 Å². The second kappa shape index (κ2) is 3.81. The molecule has 1 aromatic heterocycles. The van der Waals surface area contributed by atoms with Gasteiger partial charge in [-0.1, -0.05) is 0 Å². The van der Waals surface area contributed by atoms with Crippen molar-refractivity contribution >= 4 is 11.6 Å². The van der Waals surface area contributed by atoms with E-state index in [4.69, 9.17) is 11.6 Å². The molecule has 0 aromatic carbocycles. The van der Waals surface area contributed by atoms with Crippen LogP contribution in [-0.4, -0.2) is 9.78 Å². The second-order valence-corrected chi connectivity index (χ2v) is 3.46. The number of rotatable bonds is 2. The van der Waals surface area contributed by atoms with Gasteiger partial charge in [-0.05, 0) is 19.9 Å². The van der Waals surface area contributed by atoms with Gasteiger partial charge in [0.05, 0.1) is 11.6 Å². The first-order chi connectivity index (χ1) is 6.36. The maximum absolute atomic E-state index is 12.3. The first-order valence-corrected chi connectivity index (χ1v) is 4.61. The number of alkyl halides is 4. The Hall–Kier alpha value is -0.710. The van der Waals surface area contributed by atoms with Gasteiger partial charge in [0.25, 0.3) is 0 Å². The highest BCUT2D eigenvalue weighted by atomic mass is 35.5. The van der Waals surface area contributed by atoms with Crippen LogP contribution in [0, 0.1) is 0 Å². The topological polar surface area (TPSA) is 17.8 Å². The van der Waals surface area contributed by atoms with E-state index in [0.29, 0.717) is 5.69 Å². The molecule has 1 aromatic rings. The van der Waals surface area contributed by atoms with Crippen LogP contribution in [0.2, 0.25) is 0 Å². The lowest BCUT2D eigenvalue weighted by atomic mass is 10.3. The van der Waals surface area contributed by atoms with Gasteiger partial charge in [-0.15, -0.1) is 11.6 Å². The summed E-state index contributed by atoms with van der Waals surface area (Å²) in [4.78, 5) is 0. The number of hydrogen-bond acceptors (Lipinski definition) is 1. The Morgan fingerprint density at radius 1 is 1.50 bits per heavy atom. The standard InChI is InChI=1S/C8H10ClF3N2/c1-5(2)14-6(4-9)3-7(13-14)8(10,11)12/h3,5H,4H2,1-2H3. The lowest BCUT2D eigenvalue weighted by Crippen LogP contribution is -2.10. The lowest BCUT2D eigenvalue weighted by molar-refractivity contribution is -0.141. The van der Waals surface area contributed by atoms with E-state index in [1.807, 2.05) is 0 Å². The monoisotopic (exact) mass is 226 g/mol. The molecule has 80 valence electrons. The van der Waals surface area contributed by atoms with Crippen LogP contribution in [0.15, 0.2) is 6.07 Å². The molecular weight excluding hydrogens is 217 g/mol. The highest BCUT2D eigenvalue weighted by Gasteiger charge is 2.34. The predicted octanol–water partition coefficient (Wildman–Crippen LogP) is 3.22. The van der Waals surface area contributed by atoms with E-state index in [1.165, 1.54) is 4.68 Å². The molecule has 0 unspecified atom stereocenters. The largest absolute Gasteiger partial charge is 0.435 e. The van der Waals surface area contributed by atoms with Crippen molar-refractivity contribution < 1.29 is 13.2 Å². The Labute approximate surface area is 84.7 Å². The van der Waals surface area contributed by atoms with Crippen LogP contribution in [0.25, 0.3) is 0 Å². The average molecular weight is 227 g/mol. The Kier molecular flexibility index (Phi) is 3.09. The Morgan fingerprint density at radius 2 is 2.07 bits per heavy atom. The van der Waals surface area contributed by atoms with E-state index in [9.17, 15) is 13.2 Å². The molecule has 2 nitrogen and oxygen atoms in total. The Bertz CT molecular complexity index is 317. The van der Waals surface area contributed by atoms with Crippen molar-refractivity contribution in [3.63, 3.8) is 0 Å². The molecule has 0 bridgehead atoms. The number of halogens is 4. The van der Waals surface area contributed by atoms with Crippen molar-refractivity contribution in [1.29, 1.82) is 0 Å². The zero-order chi connectivity index (χ0) is 10.9. The molecule has 0 aliphatic heterocycles. The lowest BCUT2D eigenvalue weighted by Gasteiger charge is -2.08. The summed E-state index contributed by atoms with van der Waals surface area (Å²) in [5, 5.41) is 3.46. The van der Waals surface area contributed by atoms with Gasteiger partial charge < -0.3 is 0 Å². The molecule has 14 heavy (non-hydrogen) atoms. The molecule has 0 amide bonds. The summed E-state index contributed by atoms with van der Waals surface area (Å²) in [6, 6.07) is 0.854. The van der Waals surface area contributed by atoms with Crippen LogP contribution in [-0.2, 0) is 12.1 Å². The fourth-order valence-electron chi connectivity index (χ4n) is 1.12. The second-order valence-electron chi connectivity index (χ2n) is 3.19. The third-order valence-corrected chi connectivity index (χ3v) is 2.00. The van der Waals surface area contributed by atoms with Crippen LogP contribution < -0.4 is 0 Å². The van der Waals surface area contributed by atoms with Crippen LogP contribution in [0.3, 0.4) is 0 Å². The Balaban J connectivity index is 3.13. The molecule has 0 N–H and O–H groups in total. The van der Waals surface area contributed by atoms with Gasteiger partial charge in [0.2, 0.25) is 0 Å². The molecule has 0 saturated carbocycles. The minimum Gasteiger partial charge on any atom is -0.265 e. The van der Waals surface area contributed by atoms with Crippen LogP contribution in [0.4, 0.5) is 13.2 Å². The van der Waals surface area contributed by atoms with Crippen molar-refractivity contribution in [2.45, 2.75) is 31.9 Å². The predicted molar refractivity (Wildman–Crippen MR) is 47.2 cm³/mol. The third-order valence-electron chi connectivity index (χ3n) is 1.73. The normalized spacial score (nSPS) is 12.5. The molecule has 0 fully saturated rings. The van der Waals surface area contributed by atoms with Crippen LogP contribution in [0.1, 0.15) is 31.3 Å². The maximum Gasteiger partial charge on any atom is 0.435 e. The number of aromatic nitrogens is 2. The molecule has 0 aliphatic rings. The van der Waals surface area contributed by atoms with E-state index in [1.54, 1.807) is 13.8 Å². The van der Waals surface area contributed by atoms with Gasteiger partial charge in [-0.25, -0.2) is 0 Å². The van der Waals surface area contributed by atoms with Crippen molar-refractivity contribution in [3.05, 3.63) is 17.5 Å². The molecule has 0 radical (unpaired) electrons. The SMILES string of the molecule is CC(C)n1nc(C(F)(F)F)cc1CCl. The molecule has 0 spiro atoms. The molecular formula is C8H10ClF3N2. The summed E-state index contributed by atoms with van der Waals surface area (Å²) in [6.07, 6.45) is -4.40. The average Bonchev–Trinajstić information content (AvgIpc) is 2.45. The fourth-order valence-corrected chi connectivity index (χ4v) is 1.32. The molecule has 0 saturated heterocycles. The third kappa shape index (κ3) is 2.20. The van der Waals surface area contributed by atoms with Crippen molar-refractivity contribution in [3.8, 4) is 0 Å². The summed E-state index contributed by atoms with van der Waals surface area (Å²) in [5.74, 6) is 0.0290. The minimum atomic E-state index is -4.40. The van der Waals surface area contributed by atoms with E-state index in [2.05, 4.69) is 5.10 Å². The smallest absolute Gasteiger partial charge is 0.265 e. The van der Waals surface area contributed by atoms with E-state index in [-0.39, 0.29) is 11.9 Å². The van der Waals surface area contributed by atoms with Gasteiger partial charge in [0.15, 0.2) is 5.69 Å². The highest BCUT2D eigenvalue weighted by molar-refractivity contribution is 6.16. The van der Waals surface area contributed by atoms with E-state index >= 15 is 0 Å². The van der Waals surface area contributed by atoms with Crippen molar-refractivity contribution in [2.24, 2.45) is 0 Å². The zero-order valence-electron chi connectivity index (χ0n) is 7.77. The summed E-state index contributed by atoms with van der Waals surface area (Å²) >= 11 is 5.51. The summed E-state index contributed by atoms with van der Waals surface area (Å²) in [7, 11) is 0. The summed E-state index contributed by atoms with van der Waals surface area (Å²) in [5.41, 5.74) is -0.504. The summed E-state index contributed by atoms with van der Waals surface area (Å²) in [6.45, 7) is 3.51. The quantitative estimate of drug-likeness (QED) is 0.708. The van der Waals surface area contributed by atoms with Crippen molar-refractivity contribution in [1.82, 2.24) is 9.78 Å². The molecule has 1 rings (SSSR count). The van der Waals surface area contributed by atoms with Crippen LogP contribution in [0.5, 0.6) is 0 Å². The summed E-state index contributed by atoms with van der Waals surface area (Å²) < 4.78 is 38.1. The minimum absolute atomic E-state index is 0.0290. The molecule has 6 heteroatoms. The first kappa shape index (κ1) is 11.4. The highest BCUT2D eigenvalue weighted by Crippen LogP contribution is 2.29.